The number of fused-ring (bicyclic) bond motifs is 1. The summed E-state index contributed by atoms with van der Waals surface area (Å²) in [5.74, 6) is -0.292. The normalized spacial score (nSPS) is 16.8. The fourth-order valence-electron chi connectivity index (χ4n) is 1.58. The van der Waals surface area contributed by atoms with E-state index in [4.69, 9.17) is 10.5 Å². The first-order valence-electron chi connectivity index (χ1n) is 4.05. The lowest BCUT2D eigenvalue weighted by Crippen LogP contribution is -2.06. The number of hydrogen-bond donors (Lipinski definition) is 1. The maximum absolute atomic E-state index is 11.5. The van der Waals surface area contributed by atoms with Crippen LogP contribution in [0.4, 0.5) is 0 Å². The Balaban J connectivity index is 2.65. The number of carbonyl (C=O) groups is 1. The molecule has 1 aliphatic rings. The van der Waals surface area contributed by atoms with Crippen molar-refractivity contribution >= 4 is 11.5 Å². The van der Waals surface area contributed by atoms with Crippen molar-refractivity contribution < 1.29 is 10.0 Å². The van der Waals surface area contributed by atoms with Gasteiger partial charge in [-0.25, -0.2) is 0 Å². The molecule has 1 aromatic carbocycles. The molecule has 68 valence electrons. The zero-order valence-corrected chi connectivity index (χ0v) is 7.19. The molecule has 0 atom stereocenters. The highest BCUT2D eigenvalue weighted by Crippen LogP contribution is 2.23. The molecule has 1 aliphatic carbocycles. The van der Waals surface area contributed by atoms with Gasteiger partial charge in [0.2, 0.25) is 5.78 Å². The number of nitrogens with zero attached hydrogens (tertiary/aromatic N) is 2. The van der Waals surface area contributed by atoms with Gasteiger partial charge in [0.1, 0.15) is 5.71 Å². The Bertz CT molecular complexity index is 483. The van der Waals surface area contributed by atoms with Crippen molar-refractivity contribution in [3.63, 3.8) is 0 Å². The number of Topliss-reactive ketones (excluding diaryl/α,β-unsaturated/α-hetero) is 1. The van der Waals surface area contributed by atoms with Crippen LogP contribution in [0.1, 0.15) is 21.5 Å². The molecule has 0 saturated carbocycles. The summed E-state index contributed by atoms with van der Waals surface area (Å²) in [5, 5.41) is 20.3. The van der Waals surface area contributed by atoms with Crippen molar-refractivity contribution in [3.8, 4) is 6.07 Å². The van der Waals surface area contributed by atoms with Gasteiger partial charge in [-0.1, -0.05) is 17.3 Å². The third-order valence-electron chi connectivity index (χ3n) is 2.27. The second kappa shape index (κ2) is 2.96. The van der Waals surface area contributed by atoms with E-state index in [1.54, 1.807) is 18.2 Å². The van der Waals surface area contributed by atoms with Gasteiger partial charge in [-0.2, -0.15) is 5.26 Å². The highest BCUT2D eigenvalue weighted by atomic mass is 16.4. The molecule has 2 rings (SSSR count). The fourth-order valence-corrected chi connectivity index (χ4v) is 1.58. The molecule has 0 heterocycles. The molecule has 4 nitrogen and oxygen atoms in total. The van der Waals surface area contributed by atoms with Crippen LogP contribution in [-0.4, -0.2) is 16.7 Å². The lowest BCUT2D eigenvalue weighted by molar-refractivity contribution is 0.106. The minimum atomic E-state index is -0.292. The van der Waals surface area contributed by atoms with Gasteiger partial charge in [0.15, 0.2) is 0 Å². The summed E-state index contributed by atoms with van der Waals surface area (Å²) in [7, 11) is 0. The molecule has 0 aromatic heterocycles. The molecule has 0 amide bonds. The van der Waals surface area contributed by atoms with E-state index in [1.165, 1.54) is 0 Å². The molecule has 14 heavy (non-hydrogen) atoms. The standard InChI is InChI=1S/C10H6N2O2/c11-5-6-2-1-3-7-8(6)4-9(12-14)10(7)13/h1-3,14H,4H2/b12-9+. The molecule has 1 aromatic rings. The molecular formula is C10H6N2O2. The van der Waals surface area contributed by atoms with E-state index in [9.17, 15) is 4.79 Å². The molecule has 0 fully saturated rings. The number of benzene rings is 1. The number of carbonyl (C=O) groups excluding carboxylic acids is 1. The monoisotopic (exact) mass is 186 g/mol. The third-order valence-corrected chi connectivity index (χ3v) is 2.27. The Morgan fingerprint density at radius 1 is 1.50 bits per heavy atom. The Hall–Kier alpha value is -2.15. The summed E-state index contributed by atoms with van der Waals surface area (Å²) < 4.78 is 0. The highest BCUT2D eigenvalue weighted by molar-refractivity contribution is 6.49. The summed E-state index contributed by atoms with van der Waals surface area (Å²) in [6.07, 6.45) is 0.244. The zero-order chi connectivity index (χ0) is 10.1. The van der Waals surface area contributed by atoms with Gasteiger partial charge in [0, 0.05) is 12.0 Å². The maximum Gasteiger partial charge on any atom is 0.211 e. The largest absolute Gasteiger partial charge is 0.411 e. The average Bonchev–Trinajstić information content (AvgIpc) is 2.55. The highest BCUT2D eigenvalue weighted by Gasteiger charge is 2.28. The average molecular weight is 186 g/mol. The first-order valence-corrected chi connectivity index (χ1v) is 4.05. The maximum atomic E-state index is 11.5. The van der Waals surface area contributed by atoms with E-state index < -0.39 is 0 Å². The van der Waals surface area contributed by atoms with Gasteiger partial charge in [0.25, 0.3) is 0 Å². The van der Waals surface area contributed by atoms with E-state index in [0.717, 1.165) is 0 Å². The second-order valence-corrected chi connectivity index (χ2v) is 3.00. The predicted octanol–water partition coefficient (Wildman–Crippen LogP) is 1.13. The van der Waals surface area contributed by atoms with Gasteiger partial charge in [-0.3, -0.25) is 4.79 Å². The van der Waals surface area contributed by atoms with E-state index in [1.807, 2.05) is 6.07 Å². The van der Waals surface area contributed by atoms with Crippen molar-refractivity contribution in [2.75, 3.05) is 0 Å². The summed E-state index contributed by atoms with van der Waals surface area (Å²) in [5.41, 5.74) is 1.70. The van der Waals surface area contributed by atoms with Crippen molar-refractivity contribution in [2.45, 2.75) is 6.42 Å². The molecule has 0 bridgehead atoms. The first kappa shape index (κ1) is 8.45. The molecule has 0 unspecified atom stereocenters. The van der Waals surface area contributed by atoms with Crippen LogP contribution in [0.25, 0.3) is 0 Å². The number of ketones is 1. The van der Waals surface area contributed by atoms with Gasteiger partial charge >= 0.3 is 0 Å². The topological polar surface area (TPSA) is 73.4 Å². The van der Waals surface area contributed by atoms with E-state index in [0.29, 0.717) is 16.7 Å². The number of nitriles is 1. The van der Waals surface area contributed by atoms with Crippen LogP contribution in [0.15, 0.2) is 23.4 Å². The molecule has 0 saturated heterocycles. The van der Waals surface area contributed by atoms with E-state index >= 15 is 0 Å². The Morgan fingerprint density at radius 3 is 2.93 bits per heavy atom. The van der Waals surface area contributed by atoms with Crippen molar-refractivity contribution in [1.29, 1.82) is 5.26 Å². The Labute approximate surface area is 80.1 Å². The van der Waals surface area contributed by atoms with Crippen LogP contribution in [0, 0.1) is 11.3 Å². The smallest absolute Gasteiger partial charge is 0.211 e. The number of rotatable bonds is 0. The molecule has 1 N–H and O–H groups in total. The van der Waals surface area contributed by atoms with Gasteiger partial charge in [-0.15, -0.1) is 0 Å². The summed E-state index contributed by atoms with van der Waals surface area (Å²) in [6.45, 7) is 0. The van der Waals surface area contributed by atoms with Crippen molar-refractivity contribution in [3.05, 3.63) is 34.9 Å². The van der Waals surface area contributed by atoms with Crippen LogP contribution in [-0.2, 0) is 6.42 Å². The van der Waals surface area contributed by atoms with Gasteiger partial charge < -0.3 is 5.21 Å². The summed E-state index contributed by atoms with van der Waals surface area (Å²) in [6, 6.07) is 6.93. The van der Waals surface area contributed by atoms with E-state index in [-0.39, 0.29) is 17.9 Å². The van der Waals surface area contributed by atoms with Gasteiger partial charge in [-0.05, 0) is 11.6 Å². The molecule has 0 spiro atoms. The molecule has 0 radical (unpaired) electrons. The first-order chi connectivity index (χ1) is 6.77. The predicted molar refractivity (Wildman–Crippen MR) is 48.4 cm³/mol. The van der Waals surface area contributed by atoms with Crippen LogP contribution in [0.3, 0.4) is 0 Å². The Morgan fingerprint density at radius 2 is 2.29 bits per heavy atom. The minimum absolute atomic E-state index is 0.0997. The summed E-state index contributed by atoms with van der Waals surface area (Å²) in [4.78, 5) is 11.5. The number of hydrogen-bond acceptors (Lipinski definition) is 4. The zero-order valence-electron chi connectivity index (χ0n) is 7.19. The second-order valence-electron chi connectivity index (χ2n) is 3.00. The van der Waals surface area contributed by atoms with Crippen molar-refractivity contribution in [2.24, 2.45) is 5.16 Å². The lowest BCUT2D eigenvalue weighted by atomic mass is 10.0. The lowest BCUT2D eigenvalue weighted by Gasteiger charge is -1.96. The SMILES string of the molecule is N#Cc1cccc2c1C/C(=N\O)C2=O. The van der Waals surface area contributed by atoms with E-state index in [2.05, 4.69) is 5.16 Å². The summed E-state index contributed by atoms with van der Waals surface area (Å²) >= 11 is 0. The minimum Gasteiger partial charge on any atom is -0.411 e. The quantitative estimate of drug-likeness (QED) is 0.487. The van der Waals surface area contributed by atoms with Crippen LogP contribution < -0.4 is 0 Å². The van der Waals surface area contributed by atoms with Crippen molar-refractivity contribution in [1.82, 2.24) is 0 Å². The third kappa shape index (κ3) is 0.995. The van der Waals surface area contributed by atoms with Gasteiger partial charge in [0.05, 0.1) is 11.6 Å². The van der Waals surface area contributed by atoms with Crippen LogP contribution in [0.2, 0.25) is 0 Å². The molecule has 0 aliphatic heterocycles. The Kier molecular flexibility index (Phi) is 1.79. The van der Waals surface area contributed by atoms with Crippen LogP contribution >= 0.6 is 0 Å². The fraction of sp³-hybridized carbons (Fsp3) is 0.100. The van der Waals surface area contributed by atoms with Crippen LogP contribution in [0.5, 0.6) is 0 Å². The number of oxime groups is 1. The molecule has 4 heteroatoms. The molecular weight excluding hydrogens is 180 g/mol.